The smallest absolute Gasteiger partial charge is 0.236 e. The largest absolute Gasteiger partial charge is 0.387 e. The summed E-state index contributed by atoms with van der Waals surface area (Å²) in [5.74, 6) is -0.710. The van der Waals surface area contributed by atoms with Gasteiger partial charge >= 0.3 is 0 Å². The number of carbonyl (C=O) groups excluding carboxylic acids is 2. The van der Waals surface area contributed by atoms with Gasteiger partial charge in [-0.15, -0.1) is 0 Å². The SMILES string of the molecule is CCCCC(O)(CCCC)[C@@H](NC(=O)C1(C(=O)N[C@@H](c2cccc3ccccc23)C(O)(CCCC)CCCC)CC1)c1cccc2ccccc12. The minimum atomic E-state index is -1.28. The van der Waals surface area contributed by atoms with E-state index in [1.807, 2.05) is 60.7 Å². The molecular weight excluding hydrogens is 633 g/mol. The Kier molecular flexibility index (Phi) is 13.0. The molecule has 0 aliphatic heterocycles. The molecule has 6 nitrogen and oxygen atoms in total. The van der Waals surface area contributed by atoms with E-state index in [0.29, 0.717) is 38.5 Å². The molecule has 0 saturated heterocycles. The number of amides is 2. The molecule has 4 N–H and O–H groups in total. The molecule has 0 radical (unpaired) electrons. The van der Waals surface area contributed by atoms with E-state index < -0.39 is 28.7 Å². The summed E-state index contributed by atoms with van der Waals surface area (Å²) >= 11 is 0. The number of rotatable bonds is 20. The van der Waals surface area contributed by atoms with Crippen LogP contribution in [0.2, 0.25) is 0 Å². The van der Waals surface area contributed by atoms with Crippen LogP contribution in [0, 0.1) is 5.41 Å². The highest BCUT2D eigenvalue weighted by Crippen LogP contribution is 2.49. The van der Waals surface area contributed by atoms with Crippen molar-refractivity contribution < 1.29 is 19.8 Å². The summed E-state index contributed by atoms with van der Waals surface area (Å²) in [5, 5.41) is 35.7. The average Bonchev–Trinajstić information content (AvgIpc) is 3.98. The molecular formula is C45H60N2O4. The van der Waals surface area contributed by atoms with Crippen LogP contribution in [0.25, 0.3) is 21.5 Å². The maximum absolute atomic E-state index is 14.7. The summed E-state index contributed by atoms with van der Waals surface area (Å²) in [6, 6.07) is 26.9. The van der Waals surface area contributed by atoms with Gasteiger partial charge in [-0.05, 0) is 71.2 Å². The molecule has 1 aliphatic rings. The second-order valence-corrected chi connectivity index (χ2v) is 15.2. The number of aliphatic hydroxyl groups is 2. The van der Waals surface area contributed by atoms with E-state index in [1.165, 1.54) is 0 Å². The number of hydrogen-bond donors (Lipinski definition) is 4. The minimum Gasteiger partial charge on any atom is -0.387 e. The number of nitrogens with one attached hydrogen (secondary N) is 2. The molecule has 51 heavy (non-hydrogen) atoms. The van der Waals surface area contributed by atoms with E-state index in [0.717, 1.165) is 84.0 Å². The normalized spacial score (nSPS) is 15.4. The van der Waals surface area contributed by atoms with Crippen LogP contribution in [0.3, 0.4) is 0 Å². The van der Waals surface area contributed by atoms with E-state index in [4.69, 9.17) is 0 Å². The number of fused-ring (bicyclic) bond motifs is 2. The molecule has 0 heterocycles. The predicted molar refractivity (Wildman–Crippen MR) is 209 cm³/mol. The third kappa shape index (κ3) is 8.50. The van der Waals surface area contributed by atoms with Crippen LogP contribution >= 0.6 is 0 Å². The second kappa shape index (κ2) is 17.2. The molecule has 5 rings (SSSR count). The predicted octanol–water partition coefficient (Wildman–Crippen LogP) is 10.0. The monoisotopic (exact) mass is 692 g/mol. The van der Waals surface area contributed by atoms with Crippen molar-refractivity contribution in [3.8, 4) is 0 Å². The lowest BCUT2D eigenvalue weighted by Crippen LogP contribution is -2.53. The van der Waals surface area contributed by atoms with Crippen molar-refractivity contribution in [2.45, 2.75) is 141 Å². The number of carbonyl (C=O) groups is 2. The van der Waals surface area contributed by atoms with Crippen LogP contribution < -0.4 is 10.6 Å². The van der Waals surface area contributed by atoms with Gasteiger partial charge in [0.2, 0.25) is 11.8 Å². The first-order valence-corrected chi connectivity index (χ1v) is 19.7. The van der Waals surface area contributed by atoms with Gasteiger partial charge in [-0.2, -0.15) is 0 Å². The van der Waals surface area contributed by atoms with Crippen LogP contribution in [0.15, 0.2) is 84.9 Å². The first-order valence-electron chi connectivity index (χ1n) is 19.7. The quantitative estimate of drug-likeness (QED) is 0.0693. The van der Waals surface area contributed by atoms with E-state index in [2.05, 4.69) is 62.6 Å². The Bertz CT molecular complexity index is 1610. The summed E-state index contributed by atoms with van der Waals surface area (Å²) in [5.41, 5.74) is -1.92. The van der Waals surface area contributed by atoms with Crippen LogP contribution in [-0.2, 0) is 9.59 Å². The first-order chi connectivity index (χ1) is 24.7. The molecule has 274 valence electrons. The highest BCUT2D eigenvalue weighted by molar-refractivity contribution is 6.08. The molecule has 2 amide bonds. The highest BCUT2D eigenvalue weighted by Gasteiger charge is 2.59. The molecule has 1 saturated carbocycles. The zero-order valence-corrected chi connectivity index (χ0v) is 31.3. The topological polar surface area (TPSA) is 98.7 Å². The second-order valence-electron chi connectivity index (χ2n) is 15.2. The molecule has 1 aliphatic carbocycles. The van der Waals surface area contributed by atoms with Crippen LogP contribution in [0.1, 0.15) is 141 Å². The molecule has 6 heteroatoms. The van der Waals surface area contributed by atoms with Gasteiger partial charge in [-0.25, -0.2) is 0 Å². The highest BCUT2D eigenvalue weighted by atomic mass is 16.3. The zero-order chi connectivity index (χ0) is 36.5. The molecule has 0 unspecified atom stereocenters. The fourth-order valence-corrected chi connectivity index (χ4v) is 7.99. The Labute approximate surface area is 305 Å². The molecule has 1 fully saturated rings. The number of hydrogen-bond acceptors (Lipinski definition) is 4. The fourth-order valence-electron chi connectivity index (χ4n) is 7.99. The summed E-state index contributed by atoms with van der Waals surface area (Å²) in [4.78, 5) is 29.3. The van der Waals surface area contributed by atoms with E-state index in [9.17, 15) is 19.8 Å². The molecule has 2 atom stereocenters. The van der Waals surface area contributed by atoms with Crippen molar-refractivity contribution in [3.63, 3.8) is 0 Å². The van der Waals surface area contributed by atoms with Crippen LogP contribution in [0.5, 0.6) is 0 Å². The zero-order valence-electron chi connectivity index (χ0n) is 31.3. The molecule has 4 aromatic carbocycles. The van der Waals surface area contributed by atoms with Crippen LogP contribution in [-0.4, -0.2) is 33.2 Å². The lowest BCUT2D eigenvalue weighted by atomic mass is 9.78. The third-order valence-corrected chi connectivity index (χ3v) is 11.4. The Morgan fingerprint density at radius 3 is 1.24 bits per heavy atom. The van der Waals surface area contributed by atoms with Gasteiger partial charge in [0.15, 0.2) is 0 Å². The average molecular weight is 693 g/mol. The Balaban J connectivity index is 1.54. The number of unbranched alkanes of at least 4 members (excludes halogenated alkanes) is 4. The summed E-state index contributed by atoms with van der Waals surface area (Å²) < 4.78 is 0. The van der Waals surface area contributed by atoms with Crippen molar-refractivity contribution in [2.24, 2.45) is 5.41 Å². The van der Waals surface area contributed by atoms with Gasteiger partial charge in [0.1, 0.15) is 5.41 Å². The number of benzene rings is 4. The molecule has 0 bridgehead atoms. The van der Waals surface area contributed by atoms with Crippen molar-refractivity contribution >= 4 is 33.4 Å². The van der Waals surface area contributed by atoms with Gasteiger partial charge in [0.05, 0.1) is 23.3 Å². The van der Waals surface area contributed by atoms with Gasteiger partial charge in [-0.3, -0.25) is 9.59 Å². The van der Waals surface area contributed by atoms with E-state index in [1.54, 1.807) is 0 Å². The maximum atomic E-state index is 14.7. The fraction of sp³-hybridized carbons (Fsp3) is 0.511. The van der Waals surface area contributed by atoms with Crippen molar-refractivity contribution in [2.75, 3.05) is 0 Å². The minimum absolute atomic E-state index is 0.355. The van der Waals surface area contributed by atoms with Gasteiger partial charge in [0, 0.05) is 0 Å². The first kappa shape index (κ1) is 38.5. The van der Waals surface area contributed by atoms with Crippen molar-refractivity contribution in [1.82, 2.24) is 10.6 Å². The Hall–Kier alpha value is -3.74. The maximum Gasteiger partial charge on any atom is 0.236 e. The Morgan fingerprint density at radius 1 is 0.569 bits per heavy atom. The Morgan fingerprint density at radius 2 is 0.902 bits per heavy atom. The molecule has 0 spiro atoms. The van der Waals surface area contributed by atoms with Gasteiger partial charge in [-0.1, -0.05) is 164 Å². The van der Waals surface area contributed by atoms with Gasteiger partial charge < -0.3 is 20.8 Å². The lowest BCUT2D eigenvalue weighted by Gasteiger charge is -2.40. The van der Waals surface area contributed by atoms with Crippen LogP contribution in [0.4, 0.5) is 0 Å². The standard InChI is InChI=1S/C45H60N2O4/c1-5-9-27-44(50,28-10-6-2)39(37-25-17-21-33-19-13-15-23-35(33)37)46-41(48)43(31-32-43)42(49)47-40(45(51,29-11-7-3)30-12-8-4)38-26-18-22-34-20-14-16-24-36(34)38/h13-26,39-40,50-51H,5-12,27-32H2,1-4H3,(H,46,48)(H,47,49)/t39-,40-/m0/s1. The summed E-state index contributed by atoms with van der Waals surface area (Å²) in [6.07, 6.45) is 9.99. The van der Waals surface area contributed by atoms with Crippen molar-refractivity contribution in [1.29, 1.82) is 0 Å². The van der Waals surface area contributed by atoms with Gasteiger partial charge in [0.25, 0.3) is 0 Å². The molecule has 0 aromatic heterocycles. The summed E-state index contributed by atoms with van der Waals surface area (Å²) in [6.45, 7) is 8.46. The van der Waals surface area contributed by atoms with Crippen molar-refractivity contribution in [3.05, 3.63) is 96.1 Å². The lowest BCUT2D eigenvalue weighted by molar-refractivity contribution is -0.141. The summed E-state index contributed by atoms with van der Waals surface area (Å²) in [7, 11) is 0. The van der Waals surface area contributed by atoms with E-state index in [-0.39, 0.29) is 11.8 Å². The molecule has 4 aromatic rings. The third-order valence-electron chi connectivity index (χ3n) is 11.4. The van der Waals surface area contributed by atoms with E-state index >= 15 is 0 Å².